The monoisotopic (exact) mass is 520 g/mol. The van der Waals surface area contributed by atoms with Crippen molar-refractivity contribution in [1.82, 2.24) is 14.9 Å². The van der Waals surface area contributed by atoms with Crippen molar-refractivity contribution in [2.24, 2.45) is 0 Å². The summed E-state index contributed by atoms with van der Waals surface area (Å²) in [6.07, 6.45) is -0.493. The van der Waals surface area contributed by atoms with E-state index in [2.05, 4.69) is 20.2 Å². The van der Waals surface area contributed by atoms with Gasteiger partial charge in [0.25, 0.3) is 0 Å². The van der Waals surface area contributed by atoms with Crippen LogP contribution >= 0.6 is 7.14 Å². The summed E-state index contributed by atoms with van der Waals surface area (Å²) in [5, 5.41) is 4.15. The number of nitrogens with one attached hydrogen (secondary N) is 2. The Balaban J connectivity index is 1.27. The third-order valence-corrected chi connectivity index (χ3v) is 10.6. The predicted octanol–water partition coefficient (Wildman–Crippen LogP) is 4.91. The zero-order valence-corrected chi connectivity index (χ0v) is 20.8. The predicted molar refractivity (Wildman–Crippen MR) is 133 cm³/mol. The fourth-order valence-electron chi connectivity index (χ4n) is 5.20. The van der Waals surface area contributed by atoms with Crippen LogP contribution in [-0.2, 0) is 15.5 Å². The van der Waals surface area contributed by atoms with E-state index in [0.29, 0.717) is 41.2 Å². The van der Waals surface area contributed by atoms with Gasteiger partial charge in [-0.3, -0.25) is 4.90 Å². The summed E-state index contributed by atoms with van der Waals surface area (Å²) in [7, 11) is -1.000. The number of hydrogen-bond donors (Lipinski definition) is 2. The molecule has 3 fully saturated rings. The van der Waals surface area contributed by atoms with E-state index in [-0.39, 0.29) is 17.0 Å². The smallest absolute Gasteiger partial charge is 0.418 e. The number of halogens is 3. The Bertz CT molecular complexity index is 1340. The van der Waals surface area contributed by atoms with E-state index in [1.807, 2.05) is 18.2 Å². The van der Waals surface area contributed by atoms with Crippen molar-refractivity contribution in [2.75, 3.05) is 51.1 Å². The van der Waals surface area contributed by atoms with Crippen molar-refractivity contribution < 1.29 is 27.2 Å². The van der Waals surface area contributed by atoms with E-state index < -0.39 is 18.9 Å². The first kappa shape index (κ1) is 23.8. The molecule has 2 N–H and O–H groups in total. The standard InChI is InChI=1S/C25H28F3N4O3P/c1-34-21-10-17(36(33)8-6-32(7-9-36)16-13-35-14-16)4-5-20(21)30-22-11-18(15-2-3-15)23-19(25(26,27)28)12-29-24(23)31-22/h4-5,10-12,15-16H,2-3,6-9,13-14H2,1H3,(H2,29,30,31). The lowest BCUT2D eigenvalue weighted by Crippen LogP contribution is -2.52. The zero-order chi connectivity index (χ0) is 25.1. The number of nitrogens with zero attached hydrogens (tertiary/aromatic N) is 2. The van der Waals surface area contributed by atoms with E-state index in [9.17, 15) is 17.7 Å². The molecular weight excluding hydrogens is 492 g/mol. The first-order valence-corrected chi connectivity index (χ1v) is 14.3. The van der Waals surface area contributed by atoms with Crippen molar-refractivity contribution in [3.05, 3.63) is 41.6 Å². The summed E-state index contributed by atoms with van der Waals surface area (Å²) in [6.45, 7) is 3.08. The quantitative estimate of drug-likeness (QED) is 0.450. The molecule has 0 spiro atoms. The number of H-pyrrole nitrogens is 1. The topological polar surface area (TPSA) is 79.5 Å². The highest BCUT2D eigenvalue weighted by Crippen LogP contribution is 2.49. The first-order valence-electron chi connectivity index (χ1n) is 12.2. The Morgan fingerprint density at radius 2 is 1.94 bits per heavy atom. The van der Waals surface area contributed by atoms with Crippen LogP contribution in [-0.4, -0.2) is 66.6 Å². The van der Waals surface area contributed by atoms with Crippen molar-refractivity contribution >= 4 is 35.0 Å². The number of aromatic nitrogens is 2. The zero-order valence-electron chi connectivity index (χ0n) is 19.9. The lowest BCUT2D eigenvalue weighted by molar-refractivity contribution is -0.136. The summed E-state index contributed by atoms with van der Waals surface area (Å²) in [5.41, 5.74) is 0.799. The van der Waals surface area contributed by atoms with Crippen molar-refractivity contribution in [3.8, 4) is 5.75 Å². The molecule has 6 rings (SSSR count). The van der Waals surface area contributed by atoms with E-state index in [1.54, 1.807) is 13.2 Å². The number of fused-ring (bicyclic) bond motifs is 1. The number of ether oxygens (including phenoxy) is 2. The molecule has 36 heavy (non-hydrogen) atoms. The van der Waals surface area contributed by atoms with Gasteiger partial charge < -0.3 is 24.3 Å². The van der Waals surface area contributed by atoms with Crippen molar-refractivity contribution in [2.45, 2.75) is 31.0 Å². The van der Waals surface area contributed by atoms with Gasteiger partial charge in [-0.1, -0.05) is 0 Å². The normalized spacial score (nSPS) is 20.9. The van der Waals surface area contributed by atoms with Gasteiger partial charge in [-0.25, -0.2) is 4.98 Å². The van der Waals surface area contributed by atoms with Crippen LogP contribution in [0.3, 0.4) is 0 Å². The minimum atomic E-state index is -4.45. The second kappa shape index (κ2) is 8.78. The first-order chi connectivity index (χ1) is 17.2. The van der Waals surface area contributed by atoms with Crippen molar-refractivity contribution in [1.29, 1.82) is 0 Å². The summed E-state index contributed by atoms with van der Waals surface area (Å²) >= 11 is 0. The van der Waals surface area contributed by atoms with Crippen LogP contribution in [0.2, 0.25) is 0 Å². The number of rotatable bonds is 6. The van der Waals surface area contributed by atoms with Crippen LogP contribution in [0.25, 0.3) is 11.0 Å². The molecule has 0 radical (unpaired) electrons. The third-order valence-electron chi connectivity index (χ3n) is 7.55. The molecular formula is C25H28F3N4O3P. The molecule has 2 saturated heterocycles. The molecule has 1 aromatic carbocycles. The fourth-order valence-corrected chi connectivity index (χ4v) is 7.80. The molecule has 0 atom stereocenters. The largest absolute Gasteiger partial charge is 0.495 e. The second-order valence-electron chi connectivity index (χ2n) is 9.87. The fraction of sp³-hybridized carbons (Fsp3) is 0.480. The molecule has 1 saturated carbocycles. The van der Waals surface area contributed by atoms with E-state index >= 15 is 0 Å². The molecule has 192 valence electrons. The van der Waals surface area contributed by atoms with Gasteiger partial charge in [0.1, 0.15) is 24.4 Å². The Kier molecular flexibility index (Phi) is 5.81. The summed E-state index contributed by atoms with van der Waals surface area (Å²) in [5.74, 6) is 1.06. The summed E-state index contributed by atoms with van der Waals surface area (Å²) in [4.78, 5) is 9.48. The Hall–Kier alpha value is -2.55. The average Bonchev–Trinajstić information content (AvgIpc) is 3.56. The minimum Gasteiger partial charge on any atom is -0.495 e. The molecule has 3 aromatic rings. The molecule has 11 heteroatoms. The Labute approximate surface area is 206 Å². The van der Waals surface area contributed by atoms with Crippen LogP contribution in [0.5, 0.6) is 5.75 Å². The number of alkyl halides is 3. The highest BCUT2D eigenvalue weighted by atomic mass is 31.2. The van der Waals surface area contributed by atoms with Gasteiger partial charge >= 0.3 is 6.18 Å². The lowest BCUT2D eigenvalue weighted by atomic mass is 10.0. The highest BCUT2D eigenvalue weighted by molar-refractivity contribution is 7.71. The average molecular weight is 520 g/mol. The highest BCUT2D eigenvalue weighted by Gasteiger charge is 2.38. The number of hydrogen-bond acceptors (Lipinski definition) is 6. The third kappa shape index (κ3) is 4.29. The maximum atomic E-state index is 13.8. The van der Waals surface area contributed by atoms with Gasteiger partial charge in [-0.2, -0.15) is 13.2 Å². The molecule has 0 amide bonds. The lowest BCUT2D eigenvalue weighted by Gasteiger charge is -2.41. The molecule has 2 aromatic heterocycles. The molecule has 7 nitrogen and oxygen atoms in total. The van der Waals surface area contributed by atoms with Gasteiger partial charge in [0.05, 0.1) is 37.6 Å². The van der Waals surface area contributed by atoms with Gasteiger partial charge in [-0.05, 0) is 48.6 Å². The van der Waals surface area contributed by atoms with E-state index in [4.69, 9.17) is 9.47 Å². The van der Waals surface area contributed by atoms with E-state index in [1.165, 1.54) is 0 Å². The number of pyridine rings is 1. The summed E-state index contributed by atoms with van der Waals surface area (Å²) in [6, 6.07) is 7.65. The van der Waals surface area contributed by atoms with Gasteiger partial charge in [0.15, 0.2) is 0 Å². The minimum absolute atomic E-state index is 0.0970. The summed E-state index contributed by atoms with van der Waals surface area (Å²) < 4.78 is 65.3. The maximum absolute atomic E-state index is 13.8. The van der Waals surface area contributed by atoms with Gasteiger partial charge in [-0.15, -0.1) is 0 Å². The Morgan fingerprint density at radius 3 is 2.56 bits per heavy atom. The van der Waals surface area contributed by atoms with Gasteiger partial charge in [0, 0.05) is 42.3 Å². The Morgan fingerprint density at radius 1 is 1.19 bits per heavy atom. The SMILES string of the molecule is COc1cc(P2(=O)CCN(C3COC3)CC2)ccc1Nc1cc(C2CC2)c2c(C(F)(F)F)c[nH]c2n1. The van der Waals surface area contributed by atoms with Gasteiger partial charge in [0.2, 0.25) is 0 Å². The molecule has 3 aliphatic rings. The second-order valence-corrected chi connectivity index (χ2v) is 13.1. The number of benzene rings is 1. The number of anilines is 2. The van der Waals surface area contributed by atoms with Crippen LogP contribution in [0.4, 0.5) is 24.7 Å². The maximum Gasteiger partial charge on any atom is 0.418 e. The van der Waals surface area contributed by atoms with Crippen LogP contribution in [0.15, 0.2) is 30.5 Å². The molecule has 0 unspecified atom stereocenters. The molecule has 0 bridgehead atoms. The van der Waals surface area contributed by atoms with Crippen LogP contribution in [0, 0.1) is 0 Å². The molecule has 1 aliphatic carbocycles. The van der Waals surface area contributed by atoms with Crippen molar-refractivity contribution in [3.63, 3.8) is 0 Å². The van der Waals surface area contributed by atoms with Crippen LogP contribution < -0.4 is 15.4 Å². The molecule has 4 heterocycles. The van der Waals surface area contributed by atoms with Crippen LogP contribution in [0.1, 0.15) is 29.9 Å². The number of aromatic amines is 1. The molecule has 2 aliphatic heterocycles. The van der Waals surface area contributed by atoms with E-state index in [0.717, 1.165) is 50.6 Å². The number of methoxy groups -OCH3 is 1.